The van der Waals surface area contributed by atoms with E-state index in [0.717, 1.165) is 37.9 Å². The Morgan fingerprint density at radius 2 is 1.77 bits per heavy atom. The lowest BCUT2D eigenvalue weighted by Gasteiger charge is -2.65. The van der Waals surface area contributed by atoms with Crippen LogP contribution in [-0.4, -0.2) is 29.6 Å². The van der Waals surface area contributed by atoms with Gasteiger partial charge in [-0.3, -0.25) is 0 Å². The summed E-state index contributed by atoms with van der Waals surface area (Å²) in [7, 11) is 2.22. The van der Waals surface area contributed by atoms with Crippen molar-refractivity contribution in [2.24, 2.45) is 5.41 Å². The second kappa shape index (κ2) is 6.89. The van der Waals surface area contributed by atoms with Gasteiger partial charge in [0.05, 0.1) is 11.3 Å². The molecule has 3 aliphatic rings. The zero-order valence-electron chi connectivity index (χ0n) is 18.0. The van der Waals surface area contributed by atoms with E-state index in [4.69, 9.17) is 0 Å². The Bertz CT molecular complexity index is 1000. The molecule has 3 nitrogen and oxygen atoms in total. The topological polar surface area (TPSA) is 35.5 Å². The minimum atomic E-state index is -4.36. The van der Waals surface area contributed by atoms with Crippen molar-refractivity contribution < 1.29 is 18.3 Å². The lowest BCUT2D eigenvalue weighted by molar-refractivity contribution is -0.137. The van der Waals surface area contributed by atoms with Crippen molar-refractivity contribution in [3.8, 4) is 5.75 Å². The molecule has 1 saturated heterocycles. The number of phenols is 1. The van der Waals surface area contributed by atoms with E-state index >= 15 is 0 Å². The summed E-state index contributed by atoms with van der Waals surface area (Å²) in [4.78, 5) is 2.50. The average Bonchev–Trinajstić information content (AvgIpc) is 2.72. The summed E-state index contributed by atoms with van der Waals surface area (Å²) in [5.74, 6) is 0.165. The van der Waals surface area contributed by atoms with Crippen LogP contribution >= 0.6 is 0 Å². The molecule has 0 unspecified atom stereocenters. The third-order valence-electron chi connectivity index (χ3n) is 8.44. The minimum absolute atomic E-state index is 0.0976. The quantitative estimate of drug-likeness (QED) is 0.554. The highest BCUT2D eigenvalue weighted by molar-refractivity contribution is 5.69. The predicted octanol–water partition coefficient (Wildman–Crippen LogP) is 6.23. The number of alkyl halides is 3. The SMILES string of the molecule is CN1CC[C@@]23CCCC[C@]2(C)[C@@H]1Cc1cc(Nc2ccc(C(F)(F)F)cc2)c(O)cc13. The van der Waals surface area contributed by atoms with Gasteiger partial charge in [0, 0.05) is 17.1 Å². The van der Waals surface area contributed by atoms with E-state index in [9.17, 15) is 18.3 Å². The van der Waals surface area contributed by atoms with Crippen LogP contribution in [0.2, 0.25) is 0 Å². The fourth-order valence-corrected chi connectivity index (χ4v) is 6.76. The van der Waals surface area contributed by atoms with Crippen LogP contribution in [0.4, 0.5) is 24.5 Å². The Hall–Kier alpha value is -2.21. The molecule has 1 saturated carbocycles. The number of piperidine rings is 1. The molecule has 0 amide bonds. The van der Waals surface area contributed by atoms with Gasteiger partial charge in [-0.15, -0.1) is 0 Å². The number of hydrogen-bond donors (Lipinski definition) is 2. The molecule has 2 aliphatic carbocycles. The molecule has 1 aliphatic heterocycles. The van der Waals surface area contributed by atoms with Crippen molar-refractivity contribution in [1.82, 2.24) is 4.90 Å². The average molecular weight is 431 g/mol. The maximum absolute atomic E-state index is 12.8. The Labute approximate surface area is 181 Å². The number of aromatic hydroxyl groups is 1. The van der Waals surface area contributed by atoms with Crippen molar-refractivity contribution in [3.05, 3.63) is 53.1 Å². The number of hydrogen-bond acceptors (Lipinski definition) is 3. The molecule has 3 atom stereocenters. The number of fused-ring (bicyclic) bond motifs is 1. The van der Waals surface area contributed by atoms with Crippen LogP contribution in [0.3, 0.4) is 0 Å². The van der Waals surface area contributed by atoms with Gasteiger partial charge in [0.1, 0.15) is 5.75 Å². The summed E-state index contributed by atoms with van der Waals surface area (Å²) >= 11 is 0. The van der Waals surface area contributed by atoms with Crippen molar-refractivity contribution >= 4 is 11.4 Å². The number of nitrogens with zero attached hydrogens (tertiary/aromatic N) is 1. The maximum Gasteiger partial charge on any atom is 0.416 e. The first-order valence-electron chi connectivity index (χ1n) is 11.1. The highest BCUT2D eigenvalue weighted by Gasteiger charge is 2.60. The molecule has 0 radical (unpaired) electrons. The summed E-state index contributed by atoms with van der Waals surface area (Å²) in [6.45, 7) is 3.52. The highest BCUT2D eigenvalue weighted by Crippen LogP contribution is 2.63. The molecule has 0 spiro atoms. The van der Waals surface area contributed by atoms with E-state index in [-0.39, 0.29) is 16.6 Å². The molecule has 31 heavy (non-hydrogen) atoms. The summed E-state index contributed by atoms with van der Waals surface area (Å²) in [5.41, 5.74) is 3.24. The van der Waals surface area contributed by atoms with Crippen LogP contribution in [0.25, 0.3) is 0 Å². The van der Waals surface area contributed by atoms with Crippen LogP contribution in [0.1, 0.15) is 55.7 Å². The standard InChI is InChI=1S/C25H29F3N2O/c1-23-9-3-4-10-24(23)11-12-30(2)22(23)14-16-13-20(21(31)15-19(16)24)29-18-7-5-17(6-8-18)25(26,27)28/h5-8,13,15,22,29,31H,3-4,9-12,14H2,1-2H3/t22-,23+,24+/m0/s1. The van der Waals surface area contributed by atoms with E-state index in [0.29, 0.717) is 17.4 Å². The van der Waals surface area contributed by atoms with Crippen molar-refractivity contribution in [1.29, 1.82) is 0 Å². The van der Waals surface area contributed by atoms with Crippen LogP contribution in [-0.2, 0) is 18.0 Å². The molecule has 5 rings (SSSR count). The maximum atomic E-state index is 12.8. The Morgan fingerprint density at radius 3 is 2.48 bits per heavy atom. The zero-order chi connectivity index (χ0) is 22.0. The fourth-order valence-electron chi connectivity index (χ4n) is 6.76. The predicted molar refractivity (Wildman–Crippen MR) is 116 cm³/mol. The van der Waals surface area contributed by atoms with Gasteiger partial charge in [0.25, 0.3) is 0 Å². The first-order valence-corrected chi connectivity index (χ1v) is 11.1. The van der Waals surface area contributed by atoms with Gasteiger partial charge in [0.2, 0.25) is 0 Å². The van der Waals surface area contributed by atoms with E-state index in [1.165, 1.54) is 42.5 Å². The van der Waals surface area contributed by atoms with E-state index in [2.05, 4.69) is 24.2 Å². The lowest BCUT2D eigenvalue weighted by atomic mass is 9.45. The third kappa shape index (κ3) is 3.05. The van der Waals surface area contributed by atoms with Crippen LogP contribution in [0.15, 0.2) is 36.4 Å². The van der Waals surface area contributed by atoms with Crippen molar-refractivity contribution in [3.63, 3.8) is 0 Å². The number of phenolic OH excluding ortho intramolecular Hbond substituents is 1. The van der Waals surface area contributed by atoms with E-state index in [1.54, 1.807) is 0 Å². The van der Waals surface area contributed by atoms with Gasteiger partial charge in [-0.05, 0) is 92.2 Å². The Balaban J connectivity index is 1.52. The number of likely N-dealkylation sites (tertiary alicyclic amines) is 1. The first kappa shape index (κ1) is 20.7. The zero-order valence-corrected chi connectivity index (χ0v) is 18.0. The van der Waals surface area contributed by atoms with Crippen molar-refractivity contribution in [2.75, 3.05) is 18.9 Å². The second-order valence-electron chi connectivity index (χ2n) is 9.88. The highest BCUT2D eigenvalue weighted by atomic mass is 19.4. The van der Waals surface area contributed by atoms with Gasteiger partial charge < -0.3 is 15.3 Å². The molecule has 2 N–H and O–H groups in total. The van der Waals surface area contributed by atoms with Gasteiger partial charge in [-0.1, -0.05) is 19.8 Å². The fraction of sp³-hybridized carbons (Fsp3) is 0.520. The van der Waals surface area contributed by atoms with Gasteiger partial charge in [-0.2, -0.15) is 13.2 Å². The number of halogens is 3. The Kier molecular flexibility index (Phi) is 4.60. The van der Waals surface area contributed by atoms with Gasteiger partial charge in [-0.25, -0.2) is 0 Å². The van der Waals surface area contributed by atoms with Crippen molar-refractivity contribution in [2.45, 2.75) is 63.1 Å². The van der Waals surface area contributed by atoms with Gasteiger partial charge >= 0.3 is 6.18 Å². The molecular formula is C25H29F3N2O. The number of nitrogens with one attached hydrogen (secondary N) is 1. The Morgan fingerprint density at radius 1 is 1.06 bits per heavy atom. The molecule has 0 aromatic heterocycles. The van der Waals surface area contributed by atoms with Crippen LogP contribution < -0.4 is 5.32 Å². The molecule has 1 heterocycles. The summed E-state index contributed by atoms with van der Waals surface area (Å²) in [6, 6.07) is 9.35. The van der Waals surface area contributed by atoms with E-state index in [1.807, 2.05) is 12.1 Å². The molecule has 166 valence electrons. The smallest absolute Gasteiger partial charge is 0.416 e. The number of likely N-dealkylation sites (N-methyl/N-ethyl adjacent to an activating group) is 1. The molecule has 2 aromatic carbocycles. The molecule has 2 fully saturated rings. The largest absolute Gasteiger partial charge is 0.506 e. The normalized spacial score (nSPS) is 30.4. The monoisotopic (exact) mass is 430 g/mol. The first-order chi connectivity index (χ1) is 14.6. The number of rotatable bonds is 2. The molecule has 6 heteroatoms. The number of anilines is 2. The van der Waals surface area contributed by atoms with Gasteiger partial charge in [0.15, 0.2) is 0 Å². The number of benzene rings is 2. The summed E-state index contributed by atoms with van der Waals surface area (Å²) in [6.07, 6.45) is 2.54. The lowest BCUT2D eigenvalue weighted by Crippen LogP contribution is -2.66. The third-order valence-corrected chi connectivity index (χ3v) is 8.44. The second-order valence-corrected chi connectivity index (χ2v) is 9.88. The summed E-state index contributed by atoms with van der Waals surface area (Å²) in [5, 5.41) is 14.0. The summed E-state index contributed by atoms with van der Waals surface area (Å²) < 4.78 is 38.5. The minimum Gasteiger partial charge on any atom is -0.506 e. The molecule has 2 bridgehead atoms. The van der Waals surface area contributed by atoms with Crippen LogP contribution in [0, 0.1) is 5.41 Å². The van der Waals surface area contributed by atoms with E-state index < -0.39 is 11.7 Å². The molecule has 2 aromatic rings. The van der Waals surface area contributed by atoms with Crippen LogP contribution in [0.5, 0.6) is 5.75 Å². The molecular weight excluding hydrogens is 401 g/mol.